The number of carbonyl (C=O) groups is 2. The highest BCUT2D eigenvalue weighted by Crippen LogP contribution is 2.29. The van der Waals surface area contributed by atoms with Crippen LogP contribution >= 0.6 is 11.3 Å². The molecule has 3 aromatic rings. The number of halogens is 3. The maximum atomic E-state index is 13.9. The first-order valence-electron chi connectivity index (χ1n) is 9.23. The Balaban J connectivity index is 1.65. The molecule has 0 fully saturated rings. The van der Waals surface area contributed by atoms with E-state index < -0.39 is 25.0 Å². The van der Waals surface area contributed by atoms with Crippen LogP contribution in [0.5, 0.6) is 11.5 Å². The number of ether oxygens (including phenoxy) is 2. The minimum Gasteiger partial charge on any atom is -0.493 e. The summed E-state index contributed by atoms with van der Waals surface area (Å²) in [4.78, 5) is 28.8. The molecule has 168 valence electrons. The normalized spacial score (nSPS) is 11.5. The smallest absolute Gasteiger partial charge is 0.387 e. The van der Waals surface area contributed by atoms with Gasteiger partial charge in [0.1, 0.15) is 5.82 Å². The summed E-state index contributed by atoms with van der Waals surface area (Å²) in [6, 6.07) is 9.94. The Bertz CT molecular complexity index is 1180. The summed E-state index contributed by atoms with van der Waals surface area (Å²) < 4.78 is 49.6. The summed E-state index contributed by atoms with van der Waals surface area (Å²) in [6.45, 7) is -3.24. The highest BCUT2D eigenvalue weighted by Gasteiger charge is 2.15. The fourth-order valence-corrected chi connectivity index (χ4v) is 3.47. The number of nitrogens with one attached hydrogen (secondary N) is 1. The number of methoxy groups -OCH3 is 1. The van der Waals surface area contributed by atoms with E-state index in [1.807, 2.05) is 0 Å². The van der Waals surface area contributed by atoms with Gasteiger partial charge < -0.3 is 19.4 Å². The lowest BCUT2D eigenvalue weighted by atomic mass is 10.2. The Hall–Kier alpha value is -3.60. The minimum atomic E-state index is -3.04. The van der Waals surface area contributed by atoms with Crippen LogP contribution in [0.15, 0.2) is 59.0 Å². The van der Waals surface area contributed by atoms with Gasteiger partial charge in [-0.3, -0.25) is 9.59 Å². The second kappa shape index (κ2) is 10.6. The maximum absolute atomic E-state index is 13.9. The lowest BCUT2D eigenvalue weighted by molar-refractivity contribution is -0.117. The molecule has 2 amide bonds. The number of amides is 2. The summed E-state index contributed by atoms with van der Waals surface area (Å²) >= 11 is 1.19. The van der Waals surface area contributed by atoms with E-state index in [0.717, 1.165) is 0 Å². The molecule has 0 saturated carbocycles. The summed E-state index contributed by atoms with van der Waals surface area (Å²) in [5.74, 6) is -1.88. The van der Waals surface area contributed by atoms with Crippen molar-refractivity contribution in [2.75, 3.05) is 13.7 Å². The Morgan fingerprint density at radius 2 is 1.97 bits per heavy atom. The number of nitrogens with zero attached hydrogens (tertiary/aromatic N) is 2. The van der Waals surface area contributed by atoms with Gasteiger partial charge in [-0.25, -0.2) is 4.39 Å². The predicted molar refractivity (Wildman–Crippen MR) is 110 cm³/mol. The molecule has 0 aliphatic heterocycles. The summed E-state index contributed by atoms with van der Waals surface area (Å²) in [5, 5.41) is 4.12. The molecule has 2 aromatic carbocycles. The molecule has 1 heterocycles. The van der Waals surface area contributed by atoms with Crippen LogP contribution in [-0.4, -0.2) is 36.6 Å². The number of hydrogen-bond donors (Lipinski definition) is 1. The van der Waals surface area contributed by atoms with Crippen molar-refractivity contribution in [2.45, 2.75) is 13.2 Å². The van der Waals surface area contributed by atoms with E-state index in [4.69, 9.17) is 4.74 Å². The van der Waals surface area contributed by atoms with Gasteiger partial charge in [0.05, 0.1) is 20.2 Å². The number of thiazole rings is 1. The van der Waals surface area contributed by atoms with E-state index >= 15 is 0 Å². The van der Waals surface area contributed by atoms with E-state index in [9.17, 15) is 22.8 Å². The van der Waals surface area contributed by atoms with Crippen LogP contribution in [0.2, 0.25) is 0 Å². The fraction of sp³-hybridized carbons (Fsp3) is 0.190. The first-order chi connectivity index (χ1) is 15.4. The zero-order valence-corrected chi connectivity index (χ0v) is 17.6. The molecule has 0 radical (unpaired) electrons. The van der Waals surface area contributed by atoms with Crippen molar-refractivity contribution in [3.8, 4) is 11.5 Å². The van der Waals surface area contributed by atoms with Gasteiger partial charge in [-0.1, -0.05) is 18.2 Å². The average Bonchev–Trinajstić information content (AvgIpc) is 3.20. The molecule has 11 heteroatoms. The molecule has 1 aromatic heterocycles. The summed E-state index contributed by atoms with van der Waals surface area (Å²) in [5.41, 5.74) is 0.531. The van der Waals surface area contributed by atoms with Crippen molar-refractivity contribution in [3.05, 3.63) is 75.8 Å². The number of benzene rings is 2. The standard InChI is InChI=1S/C21H18F3N3O4S/c1-30-17-10-13(6-7-16(17)31-20(23)24)19(29)25-11-18(28)26-21-27(8-9-32-21)12-14-4-2-3-5-15(14)22/h2-10,20H,11-12H2,1H3,(H,25,29). The number of carbonyl (C=O) groups excluding carboxylic acids is 2. The molecule has 1 N–H and O–H groups in total. The molecule has 0 unspecified atom stereocenters. The summed E-state index contributed by atoms with van der Waals surface area (Å²) in [7, 11) is 1.25. The maximum Gasteiger partial charge on any atom is 0.387 e. The number of aromatic nitrogens is 1. The van der Waals surface area contributed by atoms with Gasteiger partial charge >= 0.3 is 6.61 Å². The quantitative estimate of drug-likeness (QED) is 0.554. The van der Waals surface area contributed by atoms with E-state index in [1.54, 1.807) is 34.3 Å². The van der Waals surface area contributed by atoms with Crippen molar-refractivity contribution in [1.82, 2.24) is 9.88 Å². The number of alkyl halides is 2. The molecular weight excluding hydrogens is 447 g/mol. The number of rotatable bonds is 8. The monoisotopic (exact) mass is 465 g/mol. The van der Waals surface area contributed by atoms with Crippen LogP contribution in [0, 0.1) is 5.82 Å². The fourth-order valence-electron chi connectivity index (χ4n) is 2.72. The molecule has 3 rings (SSSR count). The van der Waals surface area contributed by atoms with Crippen molar-refractivity contribution in [3.63, 3.8) is 0 Å². The molecular formula is C21H18F3N3O4S. The molecule has 0 saturated heterocycles. The van der Waals surface area contributed by atoms with E-state index in [1.165, 1.54) is 42.7 Å². The first kappa shape index (κ1) is 23.1. The Kier molecular flexibility index (Phi) is 7.66. The topological polar surface area (TPSA) is 81.9 Å². The van der Waals surface area contributed by atoms with Crippen LogP contribution < -0.4 is 19.6 Å². The minimum absolute atomic E-state index is 0.0539. The lowest BCUT2D eigenvalue weighted by Crippen LogP contribution is -2.30. The van der Waals surface area contributed by atoms with Crippen LogP contribution in [0.3, 0.4) is 0 Å². The third kappa shape index (κ3) is 5.97. The first-order valence-corrected chi connectivity index (χ1v) is 10.1. The van der Waals surface area contributed by atoms with Crippen molar-refractivity contribution in [1.29, 1.82) is 0 Å². The third-order valence-electron chi connectivity index (χ3n) is 4.22. The zero-order valence-electron chi connectivity index (χ0n) is 16.8. The zero-order chi connectivity index (χ0) is 23.1. The van der Waals surface area contributed by atoms with Crippen LogP contribution in [-0.2, 0) is 11.3 Å². The van der Waals surface area contributed by atoms with Gasteiger partial charge in [0.2, 0.25) is 0 Å². The molecule has 7 nitrogen and oxygen atoms in total. The van der Waals surface area contributed by atoms with Crippen LogP contribution in [0.25, 0.3) is 0 Å². The Morgan fingerprint density at radius 1 is 1.19 bits per heavy atom. The van der Waals surface area contributed by atoms with Crippen molar-refractivity contribution >= 4 is 23.2 Å². The highest BCUT2D eigenvalue weighted by atomic mass is 32.1. The molecule has 0 aliphatic rings. The average molecular weight is 465 g/mol. The van der Waals surface area contributed by atoms with E-state index in [-0.39, 0.29) is 29.4 Å². The predicted octanol–water partition coefficient (Wildman–Crippen LogP) is 3.20. The third-order valence-corrected chi connectivity index (χ3v) is 5.02. The molecule has 0 aliphatic carbocycles. The molecule has 32 heavy (non-hydrogen) atoms. The molecule has 0 spiro atoms. The van der Waals surface area contributed by atoms with Gasteiger partial charge in [-0.05, 0) is 24.3 Å². The Labute approximate surface area is 184 Å². The van der Waals surface area contributed by atoms with Gasteiger partial charge in [0, 0.05) is 22.7 Å². The van der Waals surface area contributed by atoms with Gasteiger partial charge in [0.25, 0.3) is 11.8 Å². The van der Waals surface area contributed by atoms with Gasteiger partial charge in [0.15, 0.2) is 16.3 Å². The second-order valence-corrected chi connectivity index (χ2v) is 7.21. The Morgan fingerprint density at radius 3 is 2.69 bits per heavy atom. The largest absolute Gasteiger partial charge is 0.493 e. The van der Waals surface area contributed by atoms with Crippen molar-refractivity contribution < 1.29 is 32.2 Å². The SMILES string of the molecule is COc1cc(C(=O)NCC(=O)N=c2sccn2Cc2ccccc2F)ccc1OC(F)F. The van der Waals surface area contributed by atoms with Gasteiger partial charge in [-0.2, -0.15) is 13.8 Å². The van der Waals surface area contributed by atoms with Crippen LogP contribution in [0.1, 0.15) is 15.9 Å². The second-order valence-electron chi connectivity index (χ2n) is 6.34. The van der Waals surface area contributed by atoms with E-state index in [2.05, 4.69) is 15.0 Å². The summed E-state index contributed by atoms with van der Waals surface area (Å²) in [6.07, 6.45) is 1.68. The lowest BCUT2D eigenvalue weighted by Gasteiger charge is -2.11. The molecule has 0 atom stereocenters. The van der Waals surface area contributed by atoms with E-state index in [0.29, 0.717) is 10.4 Å². The highest BCUT2D eigenvalue weighted by molar-refractivity contribution is 7.07. The molecule has 0 bridgehead atoms. The van der Waals surface area contributed by atoms with Crippen molar-refractivity contribution in [2.24, 2.45) is 4.99 Å². The van der Waals surface area contributed by atoms with Crippen LogP contribution in [0.4, 0.5) is 13.2 Å². The van der Waals surface area contributed by atoms with Gasteiger partial charge in [-0.15, -0.1) is 11.3 Å². The number of hydrogen-bond acceptors (Lipinski definition) is 5.